The molecule has 1 aromatic carbocycles. The van der Waals surface area contributed by atoms with Crippen LogP contribution in [0.4, 0.5) is 11.4 Å². The van der Waals surface area contributed by atoms with Gasteiger partial charge < -0.3 is 11.5 Å². The molecule has 0 aliphatic carbocycles. The number of rotatable bonds is 1. The molecule has 0 fully saturated rings. The fourth-order valence-electron chi connectivity index (χ4n) is 1.31. The Morgan fingerprint density at radius 3 is 2.62 bits per heavy atom. The Hall–Kier alpha value is -1.77. The number of anilines is 2. The van der Waals surface area contributed by atoms with Crippen LogP contribution < -0.4 is 11.5 Å². The van der Waals surface area contributed by atoms with Crippen molar-refractivity contribution >= 4 is 17.1 Å². The molecule has 0 aromatic heterocycles. The van der Waals surface area contributed by atoms with Gasteiger partial charge in [-0.05, 0) is 17.7 Å². The molecule has 1 aliphatic heterocycles. The predicted molar refractivity (Wildman–Crippen MR) is 55.6 cm³/mol. The van der Waals surface area contributed by atoms with Gasteiger partial charge in [0.05, 0.1) is 17.1 Å². The SMILES string of the molecule is Nc1ccc(C2=NC=CC2)cc1N. The smallest absolute Gasteiger partial charge is 0.0554 e. The zero-order valence-electron chi connectivity index (χ0n) is 7.20. The van der Waals surface area contributed by atoms with Crippen molar-refractivity contribution in [1.82, 2.24) is 0 Å². The lowest BCUT2D eigenvalue weighted by molar-refractivity contribution is 1.49. The molecule has 0 radical (unpaired) electrons. The molecule has 3 heteroatoms. The van der Waals surface area contributed by atoms with Crippen molar-refractivity contribution in [3.8, 4) is 0 Å². The standard InChI is InChI=1S/C10H11N3/c11-8-4-3-7(6-9(8)12)10-2-1-5-13-10/h1,3-6H,2,11-12H2. The van der Waals surface area contributed by atoms with Gasteiger partial charge in [-0.2, -0.15) is 0 Å². The molecule has 0 spiro atoms. The normalized spacial score (nSPS) is 14.6. The van der Waals surface area contributed by atoms with Crippen LogP contribution in [0.3, 0.4) is 0 Å². The zero-order chi connectivity index (χ0) is 9.26. The molecule has 0 bridgehead atoms. The first-order valence-corrected chi connectivity index (χ1v) is 4.14. The molecule has 1 aliphatic rings. The monoisotopic (exact) mass is 173 g/mol. The Kier molecular flexibility index (Phi) is 1.77. The molecule has 3 nitrogen and oxygen atoms in total. The Morgan fingerprint density at radius 2 is 2.00 bits per heavy atom. The molecule has 0 atom stereocenters. The summed E-state index contributed by atoms with van der Waals surface area (Å²) in [6.07, 6.45) is 4.70. The molecule has 0 saturated carbocycles. The molecule has 4 N–H and O–H groups in total. The topological polar surface area (TPSA) is 64.4 Å². The van der Waals surface area contributed by atoms with Gasteiger partial charge in [0.15, 0.2) is 0 Å². The highest BCUT2D eigenvalue weighted by atomic mass is 14.7. The third-order valence-corrected chi connectivity index (χ3v) is 2.07. The van der Waals surface area contributed by atoms with Gasteiger partial charge in [0.2, 0.25) is 0 Å². The van der Waals surface area contributed by atoms with E-state index in [4.69, 9.17) is 11.5 Å². The van der Waals surface area contributed by atoms with E-state index in [0.29, 0.717) is 11.4 Å². The lowest BCUT2D eigenvalue weighted by Gasteiger charge is -2.03. The number of nitrogens with zero attached hydrogens (tertiary/aromatic N) is 1. The van der Waals surface area contributed by atoms with Crippen LogP contribution >= 0.6 is 0 Å². The van der Waals surface area contributed by atoms with E-state index in [1.54, 1.807) is 0 Å². The third kappa shape index (κ3) is 1.40. The highest BCUT2D eigenvalue weighted by molar-refractivity contribution is 6.04. The molecule has 0 unspecified atom stereocenters. The summed E-state index contributed by atoms with van der Waals surface area (Å²) >= 11 is 0. The summed E-state index contributed by atoms with van der Waals surface area (Å²) in [6, 6.07) is 5.62. The zero-order valence-corrected chi connectivity index (χ0v) is 7.20. The van der Waals surface area contributed by atoms with Crippen LogP contribution in [0.5, 0.6) is 0 Å². The van der Waals surface area contributed by atoms with E-state index in [1.807, 2.05) is 30.5 Å². The number of allylic oxidation sites excluding steroid dienone is 1. The lowest BCUT2D eigenvalue weighted by atomic mass is 10.1. The van der Waals surface area contributed by atoms with Gasteiger partial charge in [-0.15, -0.1) is 0 Å². The minimum absolute atomic E-state index is 0.618. The van der Waals surface area contributed by atoms with Crippen molar-refractivity contribution in [2.45, 2.75) is 6.42 Å². The maximum atomic E-state index is 5.69. The maximum Gasteiger partial charge on any atom is 0.0554 e. The summed E-state index contributed by atoms with van der Waals surface area (Å²) in [6.45, 7) is 0. The number of benzene rings is 1. The summed E-state index contributed by atoms with van der Waals surface area (Å²) < 4.78 is 0. The minimum atomic E-state index is 0.618. The summed E-state index contributed by atoms with van der Waals surface area (Å²) in [4.78, 5) is 4.22. The summed E-state index contributed by atoms with van der Waals surface area (Å²) in [5.74, 6) is 0. The summed E-state index contributed by atoms with van der Waals surface area (Å²) in [5.41, 5.74) is 14.6. The quantitative estimate of drug-likeness (QED) is 0.633. The van der Waals surface area contributed by atoms with Crippen LogP contribution in [0.25, 0.3) is 0 Å². The highest BCUT2D eigenvalue weighted by Crippen LogP contribution is 2.19. The molecule has 0 saturated heterocycles. The van der Waals surface area contributed by atoms with Crippen LogP contribution in [-0.4, -0.2) is 5.71 Å². The fraction of sp³-hybridized carbons (Fsp3) is 0.100. The van der Waals surface area contributed by atoms with Crippen LogP contribution in [-0.2, 0) is 0 Å². The summed E-state index contributed by atoms with van der Waals surface area (Å²) in [7, 11) is 0. The third-order valence-electron chi connectivity index (χ3n) is 2.07. The van der Waals surface area contributed by atoms with Crippen LogP contribution in [0.2, 0.25) is 0 Å². The van der Waals surface area contributed by atoms with Crippen LogP contribution in [0.1, 0.15) is 12.0 Å². The molecule has 13 heavy (non-hydrogen) atoms. The van der Waals surface area contributed by atoms with Gasteiger partial charge in [-0.1, -0.05) is 12.1 Å². The van der Waals surface area contributed by atoms with Crippen molar-refractivity contribution in [3.63, 3.8) is 0 Å². The highest BCUT2D eigenvalue weighted by Gasteiger charge is 2.05. The van der Waals surface area contributed by atoms with E-state index in [2.05, 4.69) is 4.99 Å². The first kappa shape index (κ1) is 7.86. The van der Waals surface area contributed by atoms with Gasteiger partial charge in [-0.3, -0.25) is 4.99 Å². The molecule has 66 valence electrons. The average molecular weight is 173 g/mol. The van der Waals surface area contributed by atoms with Gasteiger partial charge in [0.25, 0.3) is 0 Å². The Balaban J connectivity index is 2.37. The molecule has 1 heterocycles. The second-order valence-corrected chi connectivity index (χ2v) is 3.01. The lowest BCUT2D eigenvalue weighted by Crippen LogP contribution is -2.00. The first-order chi connectivity index (χ1) is 6.27. The van der Waals surface area contributed by atoms with Crippen molar-refractivity contribution in [3.05, 3.63) is 36.0 Å². The fourth-order valence-corrected chi connectivity index (χ4v) is 1.31. The Bertz CT molecular complexity index is 391. The minimum Gasteiger partial charge on any atom is -0.397 e. The number of nitrogens with two attached hydrogens (primary N) is 2. The molecule has 0 amide bonds. The second kappa shape index (κ2) is 2.94. The largest absolute Gasteiger partial charge is 0.397 e. The van der Waals surface area contributed by atoms with Gasteiger partial charge in [-0.25, -0.2) is 0 Å². The Morgan fingerprint density at radius 1 is 1.15 bits per heavy atom. The average Bonchev–Trinajstić information content (AvgIpc) is 2.62. The van der Waals surface area contributed by atoms with E-state index in [1.165, 1.54) is 0 Å². The predicted octanol–water partition coefficient (Wildman–Crippen LogP) is 1.56. The number of nitrogen functional groups attached to an aromatic ring is 2. The van der Waals surface area contributed by atoms with Crippen LogP contribution in [0.15, 0.2) is 35.5 Å². The van der Waals surface area contributed by atoms with Crippen molar-refractivity contribution in [2.24, 2.45) is 4.99 Å². The summed E-state index contributed by atoms with van der Waals surface area (Å²) in [5, 5.41) is 0. The van der Waals surface area contributed by atoms with Gasteiger partial charge >= 0.3 is 0 Å². The Labute approximate surface area is 76.8 Å². The first-order valence-electron chi connectivity index (χ1n) is 4.14. The molecular formula is C10H11N3. The van der Waals surface area contributed by atoms with Crippen molar-refractivity contribution < 1.29 is 0 Å². The van der Waals surface area contributed by atoms with Crippen LogP contribution in [0, 0.1) is 0 Å². The van der Waals surface area contributed by atoms with Crippen molar-refractivity contribution in [1.29, 1.82) is 0 Å². The van der Waals surface area contributed by atoms with Gasteiger partial charge in [0.1, 0.15) is 0 Å². The molecular weight excluding hydrogens is 162 g/mol. The second-order valence-electron chi connectivity index (χ2n) is 3.01. The maximum absolute atomic E-state index is 5.69. The molecule has 1 aromatic rings. The molecule has 2 rings (SSSR count). The number of aliphatic imine (C=N–C) groups is 1. The number of hydrogen-bond acceptors (Lipinski definition) is 3. The van der Waals surface area contributed by atoms with E-state index >= 15 is 0 Å². The van der Waals surface area contributed by atoms with E-state index < -0.39 is 0 Å². The van der Waals surface area contributed by atoms with E-state index in [0.717, 1.165) is 17.7 Å². The van der Waals surface area contributed by atoms with Gasteiger partial charge in [0, 0.05) is 12.6 Å². The van der Waals surface area contributed by atoms with E-state index in [9.17, 15) is 0 Å². The number of hydrogen-bond donors (Lipinski definition) is 2. The van der Waals surface area contributed by atoms with Crippen molar-refractivity contribution in [2.75, 3.05) is 11.5 Å². The van der Waals surface area contributed by atoms with E-state index in [-0.39, 0.29) is 0 Å².